The van der Waals surface area contributed by atoms with E-state index < -0.39 is 0 Å². The van der Waals surface area contributed by atoms with E-state index in [1.54, 1.807) is 0 Å². The maximum Gasteiger partial charge on any atom is 0.226 e. The number of carbonyl (C=O) groups is 1. The molecule has 1 fully saturated rings. The van der Waals surface area contributed by atoms with Crippen molar-refractivity contribution in [1.29, 1.82) is 0 Å². The summed E-state index contributed by atoms with van der Waals surface area (Å²) in [5.74, 6) is 0.943. The van der Waals surface area contributed by atoms with E-state index in [9.17, 15) is 4.79 Å². The van der Waals surface area contributed by atoms with Gasteiger partial charge in [-0.2, -0.15) is 0 Å². The van der Waals surface area contributed by atoms with Gasteiger partial charge in [0.15, 0.2) is 0 Å². The predicted molar refractivity (Wildman–Crippen MR) is 81.0 cm³/mol. The molecule has 0 aliphatic heterocycles. The molecule has 3 nitrogen and oxygen atoms in total. The molecule has 0 unspecified atom stereocenters. The van der Waals surface area contributed by atoms with Crippen LogP contribution in [0.25, 0.3) is 0 Å². The van der Waals surface area contributed by atoms with Crippen LogP contribution in [0.4, 0.5) is 0 Å². The summed E-state index contributed by atoms with van der Waals surface area (Å²) < 4.78 is 0. The molecule has 1 aromatic carbocycles. The van der Waals surface area contributed by atoms with Gasteiger partial charge in [-0.25, -0.2) is 0 Å². The quantitative estimate of drug-likeness (QED) is 0.810. The van der Waals surface area contributed by atoms with E-state index in [4.69, 9.17) is 18.0 Å². The Labute approximate surface area is 119 Å². The third-order valence-electron chi connectivity index (χ3n) is 3.50. The average Bonchev–Trinajstić information content (AvgIpc) is 3.20. The molecule has 2 N–H and O–H groups in total. The standard InChI is InChI=1S/C15H20N2OS/c1-2-17(10-12-3-4-12)14(18)9-11-5-7-13(8-6-11)15(16)19/h5-8,12H,2-4,9-10H2,1H3,(H2,16,19). The van der Waals surface area contributed by atoms with Gasteiger partial charge in [0.05, 0.1) is 6.42 Å². The second-order valence-corrected chi connectivity index (χ2v) is 5.55. The number of rotatable bonds is 6. The van der Waals surface area contributed by atoms with Crippen molar-refractivity contribution in [1.82, 2.24) is 4.90 Å². The SMILES string of the molecule is CCN(CC1CC1)C(=O)Cc1ccc(C(N)=S)cc1. The van der Waals surface area contributed by atoms with Crippen LogP contribution in [0, 0.1) is 5.92 Å². The fourth-order valence-electron chi connectivity index (χ4n) is 2.09. The molecule has 1 aliphatic rings. The maximum absolute atomic E-state index is 12.2. The number of thiocarbonyl (C=S) groups is 1. The van der Waals surface area contributed by atoms with Crippen molar-refractivity contribution >= 4 is 23.1 Å². The van der Waals surface area contributed by atoms with E-state index in [0.29, 0.717) is 11.4 Å². The summed E-state index contributed by atoms with van der Waals surface area (Å²) in [4.78, 5) is 14.5. The molecular weight excluding hydrogens is 256 g/mol. The van der Waals surface area contributed by atoms with Crippen molar-refractivity contribution in [3.63, 3.8) is 0 Å². The smallest absolute Gasteiger partial charge is 0.226 e. The number of amides is 1. The monoisotopic (exact) mass is 276 g/mol. The lowest BCUT2D eigenvalue weighted by atomic mass is 10.1. The Morgan fingerprint density at radius 2 is 2.00 bits per heavy atom. The number of benzene rings is 1. The van der Waals surface area contributed by atoms with Gasteiger partial charge in [-0.3, -0.25) is 4.79 Å². The molecule has 0 saturated heterocycles. The Bertz CT molecular complexity index is 466. The molecule has 0 heterocycles. The molecule has 0 aromatic heterocycles. The van der Waals surface area contributed by atoms with Crippen LogP contribution < -0.4 is 5.73 Å². The summed E-state index contributed by atoms with van der Waals surface area (Å²) in [6, 6.07) is 7.61. The van der Waals surface area contributed by atoms with Gasteiger partial charge in [0.2, 0.25) is 5.91 Å². The molecule has 2 rings (SSSR count). The summed E-state index contributed by atoms with van der Waals surface area (Å²) in [7, 11) is 0. The average molecular weight is 276 g/mol. The van der Waals surface area contributed by atoms with E-state index in [-0.39, 0.29) is 5.91 Å². The van der Waals surface area contributed by atoms with Crippen LogP contribution in [0.3, 0.4) is 0 Å². The first-order valence-electron chi connectivity index (χ1n) is 6.76. The van der Waals surface area contributed by atoms with E-state index in [0.717, 1.165) is 30.1 Å². The van der Waals surface area contributed by atoms with Crippen molar-refractivity contribution in [2.45, 2.75) is 26.2 Å². The molecule has 0 radical (unpaired) electrons. The summed E-state index contributed by atoms with van der Waals surface area (Å²) in [6.45, 7) is 3.75. The van der Waals surface area contributed by atoms with Crippen LogP contribution in [0.2, 0.25) is 0 Å². The highest BCUT2D eigenvalue weighted by atomic mass is 32.1. The number of carbonyl (C=O) groups excluding carboxylic acids is 1. The molecule has 1 aliphatic carbocycles. The van der Waals surface area contributed by atoms with E-state index in [1.807, 2.05) is 36.1 Å². The fourth-order valence-corrected chi connectivity index (χ4v) is 2.23. The van der Waals surface area contributed by atoms with Crippen LogP contribution >= 0.6 is 12.2 Å². The van der Waals surface area contributed by atoms with Crippen LogP contribution in [-0.4, -0.2) is 28.9 Å². The first-order valence-corrected chi connectivity index (χ1v) is 7.17. The molecule has 0 bridgehead atoms. The van der Waals surface area contributed by atoms with Crippen LogP contribution in [0.5, 0.6) is 0 Å². The van der Waals surface area contributed by atoms with Gasteiger partial charge in [0.1, 0.15) is 4.99 Å². The predicted octanol–water partition coefficient (Wildman–Crippen LogP) is 2.12. The van der Waals surface area contributed by atoms with E-state index in [1.165, 1.54) is 12.8 Å². The van der Waals surface area contributed by atoms with Crippen molar-refractivity contribution < 1.29 is 4.79 Å². The third-order valence-corrected chi connectivity index (χ3v) is 3.74. The second-order valence-electron chi connectivity index (χ2n) is 5.11. The van der Waals surface area contributed by atoms with Crippen LogP contribution in [0.15, 0.2) is 24.3 Å². The van der Waals surface area contributed by atoms with Gasteiger partial charge in [-0.15, -0.1) is 0 Å². The summed E-state index contributed by atoms with van der Waals surface area (Å²) in [6.07, 6.45) is 3.00. The third kappa shape index (κ3) is 4.03. The van der Waals surface area contributed by atoms with Crippen molar-refractivity contribution in [3.8, 4) is 0 Å². The van der Waals surface area contributed by atoms with Crippen LogP contribution in [0.1, 0.15) is 30.9 Å². The van der Waals surface area contributed by atoms with Gasteiger partial charge in [0, 0.05) is 18.7 Å². The minimum atomic E-state index is 0.206. The highest BCUT2D eigenvalue weighted by Crippen LogP contribution is 2.29. The Morgan fingerprint density at radius 3 is 2.47 bits per heavy atom. The fraction of sp³-hybridized carbons (Fsp3) is 0.467. The van der Waals surface area contributed by atoms with Crippen molar-refractivity contribution in [2.75, 3.05) is 13.1 Å². The zero-order valence-electron chi connectivity index (χ0n) is 11.3. The molecule has 4 heteroatoms. The highest BCUT2D eigenvalue weighted by molar-refractivity contribution is 7.80. The highest BCUT2D eigenvalue weighted by Gasteiger charge is 2.25. The van der Waals surface area contributed by atoms with Gasteiger partial charge < -0.3 is 10.6 Å². The van der Waals surface area contributed by atoms with E-state index >= 15 is 0 Å². The maximum atomic E-state index is 12.2. The molecule has 102 valence electrons. The Hall–Kier alpha value is -1.42. The van der Waals surface area contributed by atoms with Crippen molar-refractivity contribution in [3.05, 3.63) is 35.4 Å². The van der Waals surface area contributed by atoms with Gasteiger partial charge in [-0.05, 0) is 31.2 Å². The van der Waals surface area contributed by atoms with Gasteiger partial charge in [-0.1, -0.05) is 36.5 Å². The first kappa shape index (κ1) is 14.0. The molecule has 1 aromatic rings. The minimum absolute atomic E-state index is 0.206. The molecular formula is C15H20N2OS. The van der Waals surface area contributed by atoms with Crippen molar-refractivity contribution in [2.24, 2.45) is 11.7 Å². The molecule has 0 spiro atoms. The molecule has 0 atom stereocenters. The first-order chi connectivity index (χ1) is 9.10. The van der Waals surface area contributed by atoms with Gasteiger partial charge >= 0.3 is 0 Å². The van der Waals surface area contributed by atoms with Crippen LogP contribution in [-0.2, 0) is 11.2 Å². The summed E-state index contributed by atoms with van der Waals surface area (Å²) >= 11 is 4.91. The number of hydrogen-bond acceptors (Lipinski definition) is 2. The molecule has 1 saturated carbocycles. The number of likely N-dealkylation sites (N-methyl/N-ethyl adjacent to an activating group) is 1. The normalized spacial score (nSPS) is 14.2. The Balaban J connectivity index is 1.94. The zero-order chi connectivity index (χ0) is 13.8. The molecule has 19 heavy (non-hydrogen) atoms. The number of nitrogens with two attached hydrogens (primary N) is 1. The minimum Gasteiger partial charge on any atom is -0.389 e. The summed E-state index contributed by atoms with van der Waals surface area (Å²) in [5, 5.41) is 0. The second kappa shape index (κ2) is 6.15. The lowest BCUT2D eigenvalue weighted by Gasteiger charge is -2.20. The Kier molecular flexibility index (Phi) is 4.53. The zero-order valence-corrected chi connectivity index (χ0v) is 12.1. The molecule has 1 amide bonds. The topological polar surface area (TPSA) is 46.3 Å². The number of hydrogen-bond donors (Lipinski definition) is 1. The Morgan fingerprint density at radius 1 is 1.37 bits per heavy atom. The van der Waals surface area contributed by atoms with Gasteiger partial charge in [0.25, 0.3) is 0 Å². The summed E-state index contributed by atoms with van der Waals surface area (Å²) in [5.41, 5.74) is 7.41. The number of nitrogens with zero attached hydrogens (tertiary/aromatic N) is 1. The van der Waals surface area contributed by atoms with E-state index in [2.05, 4.69) is 0 Å². The lowest BCUT2D eigenvalue weighted by Crippen LogP contribution is -2.33. The largest absolute Gasteiger partial charge is 0.389 e. The lowest BCUT2D eigenvalue weighted by molar-refractivity contribution is -0.130.